The van der Waals surface area contributed by atoms with Gasteiger partial charge in [0, 0.05) is 30.5 Å². The summed E-state index contributed by atoms with van der Waals surface area (Å²) >= 11 is 0. The van der Waals surface area contributed by atoms with E-state index in [1.165, 1.54) is 24.8 Å². The van der Waals surface area contributed by atoms with Crippen LogP contribution in [0.4, 0.5) is 0 Å². The number of nitrogens with zero attached hydrogens (tertiary/aromatic N) is 2. The smallest absolute Gasteiger partial charge is 0.115 e. The van der Waals surface area contributed by atoms with Crippen LogP contribution in [0.3, 0.4) is 0 Å². The van der Waals surface area contributed by atoms with Crippen LogP contribution in [0.1, 0.15) is 38.7 Å². The third-order valence-corrected chi connectivity index (χ3v) is 3.81. The van der Waals surface area contributed by atoms with Crippen molar-refractivity contribution >= 4 is 0 Å². The Balaban J connectivity index is 1.79. The average Bonchev–Trinajstić information content (AvgIpc) is 2.32. The van der Waals surface area contributed by atoms with Gasteiger partial charge in [0.2, 0.25) is 0 Å². The number of hydrogen-bond acceptors (Lipinski definition) is 3. The molecule has 3 atom stereocenters. The highest BCUT2D eigenvalue weighted by molar-refractivity contribution is 5.02. The summed E-state index contributed by atoms with van der Waals surface area (Å²) in [6.45, 7) is 5.63. The predicted molar refractivity (Wildman–Crippen MR) is 64.8 cm³/mol. The fraction of sp³-hybridized carbons (Fsp3) is 0.692. The second kappa shape index (κ2) is 5.39. The highest BCUT2D eigenvalue weighted by Crippen LogP contribution is 2.29. The quantitative estimate of drug-likeness (QED) is 0.848. The zero-order valence-electron chi connectivity index (χ0n) is 10.2. The molecule has 0 radical (unpaired) electrons. The molecular weight excluding hydrogens is 198 g/mol. The largest absolute Gasteiger partial charge is 0.310 e. The fourth-order valence-corrected chi connectivity index (χ4v) is 2.42. The Morgan fingerprint density at radius 1 is 1.19 bits per heavy atom. The third kappa shape index (κ3) is 3.01. The molecule has 1 aliphatic carbocycles. The molecule has 2 rings (SSSR count). The second-order valence-corrected chi connectivity index (χ2v) is 5.09. The summed E-state index contributed by atoms with van der Waals surface area (Å²) in [6, 6.07) is 0.673. The van der Waals surface area contributed by atoms with Crippen LogP contribution in [0.2, 0.25) is 0 Å². The van der Waals surface area contributed by atoms with Crippen LogP contribution in [-0.2, 0) is 6.54 Å². The van der Waals surface area contributed by atoms with E-state index >= 15 is 0 Å². The van der Waals surface area contributed by atoms with Crippen molar-refractivity contribution in [3.63, 3.8) is 0 Å². The molecule has 88 valence electrons. The van der Waals surface area contributed by atoms with Gasteiger partial charge in [-0.3, -0.25) is 0 Å². The van der Waals surface area contributed by atoms with Gasteiger partial charge in [-0.25, -0.2) is 9.97 Å². The predicted octanol–water partition coefficient (Wildman–Crippen LogP) is 2.39. The summed E-state index contributed by atoms with van der Waals surface area (Å²) in [7, 11) is 0. The molecule has 1 aliphatic rings. The summed E-state index contributed by atoms with van der Waals surface area (Å²) in [5.74, 6) is 1.73. The number of hydrogen-bond donors (Lipinski definition) is 1. The van der Waals surface area contributed by atoms with E-state index in [9.17, 15) is 0 Å². The minimum Gasteiger partial charge on any atom is -0.310 e. The molecule has 3 unspecified atom stereocenters. The lowest BCUT2D eigenvalue weighted by atomic mass is 9.79. The van der Waals surface area contributed by atoms with Gasteiger partial charge >= 0.3 is 0 Å². The number of aromatic nitrogens is 2. The van der Waals surface area contributed by atoms with Gasteiger partial charge < -0.3 is 5.32 Å². The molecule has 1 saturated carbocycles. The van der Waals surface area contributed by atoms with E-state index in [-0.39, 0.29) is 0 Å². The first-order chi connectivity index (χ1) is 7.75. The van der Waals surface area contributed by atoms with Crippen molar-refractivity contribution in [1.82, 2.24) is 15.3 Å². The van der Waals surface area contributed by atoms with Crippen molar-refractivity contribution in [2.24, 2.45) is 11.8 Å². The van der Waals surface area contributed by atoms with Crippen molar-refractivity contribution in [3.05, 3.63) is 24.3 Å². The molecule has 0 aromatic carbocycles. The number of rotatable bonds is 3. The summed E-state index contributed by atoms with van der Waals surface area (Å²) in [5.41, 5.74) is 1.17. The monoisotopic (exact) mass is 219 g/mol. The van der Waals surface area contributed by atoms with Gasteiger partial charge in [-0.1, -0.05) is 13.8 Å². The van der Waals surface area contributed by atoms with Gasteiger partial charge in [0.1, 0.15) is 6.33 Å². The maximum atomic E-state index is 4.02. The summed E-state index contributed by atoms with van der Waals surface area (Å²) < 4.78 is 0. The van der Waals surface area contributed by atoms with Crippen molar-refractivity contribution in [3.8, 4) is 0 Å². The lowest BCUT2D eigenvalue weighted by Crippen LogP contribution is -2.35. The Bertz CT molecular complexity index is 312. The zero-order valence-corrected chi connectivity index (χ0v) is 10.2. The van der Waals surface area contributed by atoms with Gasteiger partial charge in [0.15, 0.2) is 0 Å². The maximum Gasteiger partial charge on any atom is 0.115 e. The summed E-state index contributed by atoms with van der Waals surface area (Å²) in [4.78, 5) is 8.05. The topological polar surface area (TPSA) is 37.8 Å². The Labute approximate surface area is 97.7 Å². The van der Waals surface area contributed by atoms with Crippen LogP contribution in [0, 0.1) is 11.8 Å². The van der Waals surface area contributed by atoms with E-state index in [4.69, 9.17) is 0 Å². The second-order valence-electron chi connectivity index (χ2n) is 5.09. The molecule has 3 nitrogen and oxygen atoms in total. The Morgan fingerprint density at radius 3 is 2.62 bits per heavy atom. The molecule has 1 fully saturated rings. The molecule has 3 heteroatoms. The molecule has 0 amide bonds. The van der Waals surface area contributed by atoms with E-state index in [1.54, 1.807) is 6.33 Å². The fourth-order valence-electron chi connectivity index (χ4n) is 2.42. The molecule has 0 aliphatic heterocycles. The molecule has 1 N–H and O–H groups in total. The Morgan fingerprint density at radius 2 is 1.94 bits per heavy atom. The summed E-state index contributed by atoms with van der Waals surface area (Å²) in [6.07, 6.45) is 9.30. The van der Waals surface area contributed by atoms with Crippen molar-refractivity contribution in [1.29, 1.82) is 0 Å². The van der Waals surface area contributed by atoms with Gasteiger partial charge in [-0.05, 0) is 31.1 Å². The van der Waals surface area contributed by atoms with Crippen LogP contribution in [0.15, 0.2) is 18.7 Å². The van der Waals surface area contributed by atoms with Gasteiger partial charge in [0.05, 0.1) is 0 Å². The van der Waals surface area contributed by atoms with Crippen LogP contribution < -0.4 is 5.32 Å². The van der Waals surface area contributed by atoms with Crippen LogP contribution in [-0.4, -0.2) is 16.0 Å². The molecule has 16 heavy (non-hydrogen) atoms. The average molecular weight is 219 g/mol. The zero-order chi connectivity index (χ0) is 11.4. The molecule has 0 bridgehead atoms. The first-order valence-electron chi connectivity index (χ1n) is 6.23. The lowest BCUT2D eigenvalue weighted by Gasteiger charge is -2.32. The van der Waals surface area contributed by atoms with E-state index in [0.29, 0.717) is 6.04 Å². The third-order valence-electron chi connectivity index (χ3n) is 3.81. The van der Waals surface area contributed by atoms with Crippen molar-refractivity contribution < 1.29 is 0 Å². The first kappa shape index (κ1) is 11.5. The van der Waals surface area contributed by atoms with Crippen LogP contribution in [0.5, 0.6) is 0 Å². The minimum atomic E-state index is 0.673. The highest BCUT2D eigenvalue weighted by atomic mass is 14.9. The lowest BCUT2D eigenvalue weighted by molar-refractivity contribution is 0.225. The normalized spacial score (nSPS) is 30.2. The molecule has 1 aromatic heterocycles. The molecule has 1 heterocycles. The maximum absolute atomic E-state index is 4.02. The van der Waals surface area contributed by atoms with Crippen molar-refractivity contribution in [2.45, 2.75) is 45.7 Å². The van der Waals surface area contributed by atoms with Crippen molar-refractivity contribution in [2.75, 3.05) is 0 Å². The Hall–Kier alpha value is -0.960. The minimum absolute atomic E-state index is 0.673. The molecular formula is C13H21N3. The number of nitrogens with one attached hydrogen (secondary N) is 1. The van der Waals surface area contributed by atoms with E-state index < -0.39 is 0 Å². The molecule has 0 spiro atoms. The van der Waals surface area contributed by atoms with E-state index in [2.05, 4.69) is 29.1 Å². The van der Waals surface area contributed by atoms with E-state index in [0.717, 1.165) is 18.4 Å². The molecule has 1 aromatic rings. The standard InChI is InChI=1S/C13H21N3/c1-10-3-4-13(5-11(10)2)16-8-12-6-14-9-15-7-12/h6-7,9-11,13,16H,3-5,8H2,1-2H3. The van der Waals surface area contributed by atoms with Crippen LogP contribution in [0.25, 0.3) is 0 Å². The Kier molecular flexibility index (Phi) is 3.88. The highest BCUT2D eigenvalue weighted by Gasteiger charge is 2.23. The SMILES string of the molecule is CC1CCC(NCc2cncnc2)CC1C. The first-order valence-corrected chi connectivity index (χ1v) is 6.23. The van der Waals surface area contributed by atoms with Gasteiger partial charge in [0.25, 0.3) is 0 Å². The van der Waals surface area contributed by atoms with Gasteiger partial charge in [-0.2, -0.15) is 0 Å². The summed E-state index contributed by atoms with van der Waals surface area (Å²) in [5, 5.41) is 3.61. The van der Waals surface area contributed by atoms with Crippen LogP contribution >= 0.6 is 0 Å². The van der Waals surface area contributed by atoms with E-state index in [1.807, 2.05) is 12.4 Å². The van der Waals surface area contributed by atoms with Gasteiger partial charge in [-0.15, -0.1) is 0 Å². The molecule has 0 saturated heterocycles.